The molecule has 0 aliphatic heterocycles. The normalized spacial score (nSPS) is 10.9. The highest BCUT2D eigenvalue weighted by atomic mass is 15.0. The smallest absolute Gasteiger partial charge is 0.0553 e. The van der Waals surface area contributed by atoms with E-state index >= 15 is 0 Å². The highest BCUT2D eigenvalue weighted by Crippen LogP contribution is 2.37. The number of fused-ring (bicyclic) bond motifs is 3. The Balaban J connectivity index is 1.69. The quantitative estimate of drug-likeness (QED) is 0.243. The number of hydrogen-bond acceptors (Lipinski definition) is 0. The number of rotatable bonds is 2. The molecule has 0 saturated carbocycles. The summed E-state index contributed by atoms with van der Waals surface area (Å²) in [4.78, 5) is 0. The van der Waals surface area contributed by atoms with Crippen molar-refractivity contribution >= 4 is 21.7 Å². The molecule has 1 heterocycles. The van der Waals surface area contributed by atoms with Crippen LogP contribution >= 0.6 is 0 Å². The minimum absolute atomic E-state index is 1.02. The number of aromatic nitrogens is 1. The van der Waals surface area contributed by atoms with E-state index in [1.165, 1.54) is 38.5 Å². The SMILES string of the molecule is Cc1ccc(-n2c(-c3ccccc3)cc3c4ccccc4c(C#Cc4ccccc4)cc32)cc1. The fourth-order valence-electron chi connectivity index (χ4n) is 4.61. The Morgan fingerprint density at radius 1 is 0.559 bits per heavy atom. The Kier molecular flexibility index (Phi) is 4.98. The van der Waals surface area contributed by atoms with E-state index in [-0.39, 0.29) is 0 Å². The second kappa shape index (κ2) is 8.43. The van der Waals surface area contributed by atoms with Crippen LogP contribution < -0.4 is 0 Å². The van der Waals surface area contributed by atoms with Gasteiger partial charge in [-0.3, -0.25) is 0 Å². The summed E-state index contributed by atoms with van der Waals surface area (Å²) in [6.07, 6.45) is 0. The van der Waals surface area contributed by atoms with Crippen molar-refractivity contribution in [2.45, 2.75) is 6.92 Å². The lowest BCUT2D eigenvalue weighted by atomic mass is 10.0. The summed E-state index contributed by atoms with van der Waals surface area (Å²) in [7, 11) is 0. The molecular weight excluding hydrogens is 410 g/mol. The van der Waals surface area contributed by atoms with Gasteiger partial charge in [-0.2, -0.15) is 0 Å². The monoisotopic (exact) mass is 433 g/mol. The second-order valence-corrected chi connectivity index (χ2v) is 8.59. The van der Waals surface area contributed by atoms with Gasteiger partial charge < -0.3 is 4.57 Å². The molecule has 6 rings (SSSR count). The highest BCUT2D eigenvalue weighted by Gasteiger charge is 2.16. The molecule has 0 bridgehead atoms. The molecule has 1 heteroatoms. The Morgan fingerprint density at radius 3 is 1.94 bits per heavy atom. The van der Waals surface area contributed by atoms with Gasteiger partial charge >= 0.3 is 0 Å². The molecular formula is C33H23N. The zero-order valence-corrected chi connectivity index (χ0v) is 19.0. The molecule has 0 radical (unpaired) electrons. The molecule has 0 aliphatic rings. The molecule has 0 N–H and O–H groups in total. The maximum atomic E-state index is 3.47. The predicted molar refractivity (Wildman–Crippen MR) is 143 cm³/mol. The third-order valence-electron chi connectivity index (χ3n) is 6.30. The second-order valence-electron chi connectivity index (χ2n) is 8.59. The van der Waals surface area contributed by atoms with Crippen LogP contribution in [0.15, 0.2) is 121 Å². The average Bonchev–Trinajstić information content (AvgIpc) is 3.28. The van der Waals surface area contributed by atoms with Crippen molar-refractivity contribution < 1.29 is 0 Å². The van der Waals surface area contributed by atoms with E-state index in [1.807, 2.05) is 18.2 Å². The molecule has 5 aromatic carbocycles. The number of hydrogen-bond donors (Lipinski definition) is 0. The number of aryl methyl sites for hydroxylation is 1. The summed E-state index contributed by atoms with van der Waals surface area (Å²) in [6.45, 7) is 2.13. The molecule has 160 valence electrons. The van der Waals surface area contributed by atoms with Gasteiger partial charge in [0.2, 0.25) is 0 Å². The molecule has 0 amide bonds. The lowest BCUT2D eigenvalue weighted by Crippen LogP contribution is -1.97. The molecule has 6 aromatic rings. The van der Waals surface area contributed by atoms with Gasteiger partial charge in [0.15, 0.2) is 0 Å². The summed E-state index contributed by atoms with van der Waals surface area (Å²) in [5.41, 5.74) is 8.00. The van der Waals surface area contributed by atoms with Crippen molar-refractivity contribution in [1.82, 2.24) is 4.57 Å². The van der Waals surface area contributed by atoms with Crippen molar-refractivity contribution in [3.05, 3.63) is 138 Å². The molecule has 0 aliphatic carbocycles. The van der Waals surface area contributed by atoms with Gasteiger partial charge in [0.1, 0.15) is 0 Å². The van der Waals surface area contributed by atoms with Crippen LogP contribution in [0.1, 0.15) is 16.7 Å². The molecule has 1 nitrogen and oxygen atoms in total. The first-order chi connectivity index (χ1) is 16.8. The third-order valence-corrected chi connectivity index (χ3v) is 6.30. The van der Waals surface area contributed by atoms with Crippen molar-refractivity contribution in [2.24, 2.45) is 0 Å². The Morgan fingerprint density at radius 2 is 1.21 bits per heavy atom. The van der Waals surface area contributed by atoms with E-state index in [9.17, 15) is 0 Å². The molecule has 0 saturated heterocycles. The lowest BCUT2D eigenvalue weighted by molar-refractivity contribution is 1.13. The van der Waals surface area contributed by atoms with Gasteiger partial charge in [0.25, 0.3) is 0 Å². The van der Waals surface area contributed by atoms with Gasteiger partial charge in [-0.25, -0.2) is 0 Å². The van der Waals surface area contributed by atoms with Crippen LogP contribution in [0, 0.1) is 18.8 Å². The maximum Gasteiger partial charge on any atom is 0.0553 e. The summed E-state index contributed by atoms with van der Waals surface area (Å²) >= 11 is 0. The predicted octanol–water partition coefficient (Wildman–Crippen LogP) is 8.16. The van der Waals surface area contributed by atoms with E-state index in [0.29, 0.717) is 0 Å². The maximum absolute atomic E-state index is 3.47. The molecule has 0 spiro atoms. The van der Waals surface area contributed by atoms with E-state index in [4.69, 9.17) is 0 Å². The summed E-state index contributed by atoms with van der Waals surface area (Å²) in [5, 5.41) is 3.64. The Labute approximate surface area is 199 Å². The molecule has 0 fully saturated rings. The summed E-state index contributed by atoms with van der Waals surface area (Å²) < 4.78 is 2.37. The van der Waals surface area contributed by atoms with Gasteiger partial charge in [-0.05, 0) is 59.7 Å². The third kappa shape index (κ3) is 3.56. The molecule has 0 unspecified atom stereocenters. The van der Waals surface area contributed by atoms with Crippen molar-refractivity contribution in [3.63, 3.8) is 0 Å². The standard InChI is InChI=1S/C33H23N/c1-24-16-20-28(21-17-24)34-32(26-12-6-3-7-13-26)23-31-30-15-9-8-14-29(30)27(22-33(31)34)19-18-25-10-4-2-5-11-25/h2-17,20-23H,1H3. The van der Waals surface area contributed by atoms with Crippen LogP contribution in [-0.4, -0.2) is 4.57 Å². The van der Waals surface area contributed by atoms with Gasteiger partial charge in [0, 0.05) is 22.2 Å². The summed E-state index contributed by atoms with van der Waals surface area (Å²) in [5.74, 6) is 6.83. The zero-order chi connectivity index (χ0) is 22.9. The highest BCUT2D eigenvalue weighted by molar-refractivity contribution is 6.11. The fourth-order valence-corrected chi connectivity index (χ4v) is 4.61. The van der Waals surface area contributed by atoms with Crippen LogP contribution in [0.2, 0.25) is 0 Å². The Bertz CT molecular complexity index is 1680. The van der Waals surface area contributed by atoms with Crippen LogP contribution in [0.4, 0.5) is 0 Å². The Hall–Kier alpha value is -4.54. The van der Waals surface area contributed by atoms with Crippen LogP contribution in [-0.2, 0) is 0 Å². The van der Waals surface area contributed by atoms with E-state index < -0.39 is 0 Å². The topological polar surface area (TPSA) is 4.93 Å². The lowest BCUT2D eigenvalue weighted by Gasteiger charge is -2.12. The first-order valence-corrected chi connectivity index (χ1v) is 11.5. The van der Waals surface area contributed by atoms with Crippen LogP contribution in [0.25, 0.3) is 38.6 Å². The van der Waals surface area contributed by atoms with E-state index in [1.54, 1.807) is 0 Å². The number of benzene rings is 5. The summed E-state index contributed by atoms with van der Waals surface area (Å²) in [6, 6.07) is 42.7. The largest absolute Gasteiger partial charge is 0.309 e. The van der Waals surface area contributed by atoms with E-state index in [0.717, 1.165) is 16.8 Å². The minimum Gasteiger partial charge on any atom is -0.309 e. The van der Waals surface area contributed by atoms with Crippen LogP contribution in [0.3, 0.4) is 0 Å². The molecule has 1 aromatic heterocycles. The zero-order valence-electron chi connectivity index (χ0n) is 19.0. The van der Waals surface area contributed by atoms with Crippen molar-refractivity contribution in [2.75, 3.05) is 0 Å². The molecule has 0 atom stereocenters. The van der Waals surface area contributed by atoms with Crippen molar-refractivity contribution in [1.29, 1.82) is 0 Å². The van der Waals surface area contributed by atoms with Gasteiger partial charge in [0.05, 0.1) is 11.2 Å². The van der Waals surface area contributed by atoms with Gasteiger partial charge in [-0.1, -0.05) is 102 Å². The minimum atomic E-state index is 1.02. The first-order valence-electron chi connectivity index (χ1n) is 11.5. The molecule has 34 heavy (non-hydrogen) atoms. The van der Waals surface area contributed by atoms with Crippen LogP contribution in [0.5, 0.6) is 0 Å². The first kappa shape index (κ1) is 20.1. The van der Waals surface area contributed by atoms with Gasteiger partial charge in [-0.15, -0.1) is 0 Å². The van der Waals surface area contributed by atoms with E-state index in [2.05, 4.69) is 126 Å². The fraction of sp³-hybridized carbons (Fsp3) is 0.0303. The average molecular weight is 434 g/mol. The van der Waals surface area contributed by atoms with Crippen molar-refractivity contribution in [3.8, 4) is 28.8 Å². The number of nitrogens with zero attached hydrogens (tertiary/aromatic N) is 1.